The Morgan fingerprint density at radius 2 is 1.82 bits per heavy atom. The Labute approximate surface area is 133 Å². The molecule has 0 aromatic heterocycles. The number of urea groups is 1. The molecule has 2 aromatic rings. The molecule has 1 atom stereocenters. The highest BCUT2D eigenvalue weighted by Crippen LogP contribution is 2.17. The van der Waals surface area contributed by atoms with Crippen LogP contribution in [-0.2, 0) is 0 Å². The molecule has 0 spiro atoms. The molecule has 0 aliphatic heterocycles. The van der Waals surface area contributed by atoms with Gasteiger partial charge in [-0.2, -0.15) is 0 Å². The van der Waals surface area contributed by atoms with E-state index < -0.39 is 12.1 Å². The van der Waals surface area contributed by atoms with E-state index in [2.05, 4.69) is 10.6 Å². The average molecular weight is 321 g/mol. The number of carbonyl (C=O) groups is 1. The van der Waals surface area contributed by atoms with Crippen molar-refractivity contribution in [1.29, 1.82) is 0 Å². The van der Waals surface area contributed by atoms with Crippen LogP contribution in [0.3, 0.4) is 0 Å². The molecule has 5 nitrogen and oxygen atoms in total. The maximum atomic E-state index is 12.0. The third kappa shape index (κ3) is 4.38. The standard InChI is InChI=1S/C16H17ClN2O3/c1-22-14-8-6-13(7-9-14)18-16(21)19-15(10-20)11-2-4-12(17)5-3-11/h2-9,15,20H,10H2,1H3,(H2,18,19,21). The number of nitrogens with one attached hydrogen (secondary N) is 2. The third-order valence-corrected chi connectivity index (χ3v) is 3.36. The molecule has 3 N–H and O–H groups in total. The smallest absolute Gasteiger partial charge is 0.319 e. The van der Waals surface area contributed by atoms with E-state index in [1.54, 1.807) is 55.6 Å². The van der Waals surface area contributed by atoms with Gasteiger partial charge in [0.15, 0.2) is 0 Å². The van der Waals surface area contributed by atoms with E-state index in [-0.39, 0.29) is 6.61 Å². The van der Waals surface area contributed by atoms with Gasteiger partial charge in [-0.1, -0.05) is 23.7 Å². The van der Waals surface area contributed by atoms with Gasteiger partial charge in [-0.3, -0.25) is 0 Å². The van der Waals surface area contributed by atoms with Gasteiger partial charge in [-0.25, -0.2) is 4.79 Å². The highest BCUT2D eigenvalue weighted by molar-refractivity contribution is 6.30. The van der Waals surface area contributed by atoms with Gasteiger partial charge in [0, 0.05) is 10.7 Å². The number of benzene rings is 2. The molecule has 2 amide bonds. The summed E-state index contributed by atoms with van der Waals surface area (Å²) in [6.45, 7) is -0.211. The molecule has 2 aromatic carbocycles. The normalized spacial score (nSPS) is 11.6. The lowest BCUT2D eigenvalue weighted by Crippen LogP contribution is -2.34. The largest absolute Gasteiger partial charge is 0.497 e. The molecular weight excluding hydrogens is 304 g/mol. The minimum Gasteiger partial charge on any atom is -0.497 e. The summed E-state index contributed by atoms with van der Waals surface area (Å²) in [7, 11) is 1.58. The van der Waals surface area contributed by atoms with Crippen LogP contribution < -0.4 is 15.4 Å². The zero-order chi connectivity index (χ0) is 15.9. The molecule has 22 heavy (non-hydrogen) atoms. The monoisotopic (exact) mass is 320 g/mol. The summed E-state index contributed by atoms with van der Waals surface area (Å²) in [5.41, 5.74) is 1.41. The van der Waals surface area contributed by atoms with Crippen LogP contribution in [0.2, 0.25) is 5.02 Å². The fourth-order valence-electron chi connectivity index (χ4n) is 1.93. The lowest BCUT2D eigenvalue weighted by atomic mass is 10.1. The van der Waals surface area contributed by atoms with Crippen LogP contribution in [0.15, 0.2) is 48.5 Å². The van der Waals surface area contributed by atoms with E-state index in [1.807, 2.05) is 0 Å². The number of aliphatic hydroxyl groups is 1. The van der Waals surface area contributed by atoms with Crippen LogP contribution in [-0.4, -0.2) is 24.9 Å². The highest BCUT2D eigenvalue weighted by atomic mass is 35.5. The van der Waals surface area contributed by atoms with E-state index in [1.165, 1.54) is 0 Å². The number of hydrogen-bond donors (Lipinski definition) is 3. The van der Waals surface area contributed by atoms with Crippen LogP contribution in [0.1, 0.15) is 11.6 Å². The molecule has 1 unspecified atom stereocenters. The number of aliphatic hydroxyl groups excluding tert-OH is 1. The summed E-state index contributed by atoms with van der Waals surface area (Å²) in [5, 5.41) is 15.4. The van der Waals surface area contributed by atoms with E-state index in [0.717, 1.165) is 5.56 Å². The lowest BCUT2D eigenvalue weighted by Gasteiger charge is -2.17. The Morgan fingerprint density at radius 3 is 2.36 bits per heavy atom. The van der Waals surface area contributed by atoms with Gasteiger partial charge in [0.05, 0.1) is 19.8 Å². The van der Waals surface area contributed by atoms with E-state index in [9.17, 15) is 9.90 Å². The molecular formula is C16H17ClN2O3. The van der Waals surface area contributed by atoms with Crippen molar-refractivity contribution in [3.05, 3.63) is 59.1 Å². The summed E-state index contributed by atoms with van der Waals surface area (Å²) in [5.74, 6) is 0.709. The molecule has 0 bridgehead atoms. The fraction of sp³-hybridized carbons (Fsp3) is 0.188. The Balaban J connectivity index is 1.98. The summed E-state index contributed by atoms with van der Waals surface area (Å²) in [6.07, 6.45) is 0. The lowest BCUT2D eigenvalue weighted by molar-refractivity contribution is 0.225. The zero-order valence-corrected chi connectivity index (χ0v) is 12.8. The Bertz CT molecular complexity index is 614. The molecule has 0 radical (unpaired) electrons. The highest BCUT2D eigenvalue weighted by Gasteiger charge is 2.13. The fourth-order valence-corrected chi connectivity index (χ4v) is 2.06. The molecule has 0 fully saturated rings. The van der Waals surface area contributed by atoms with Gasteiger partial charge in [-0.15, -0.1) is 0 Å². The van der Waals surface area contributed by atoms with Crippen molar-refractivity contribution >= 4 is 23.3 Å². The van der Waals surface area contributed by atoms with E-state index in [4.69, 9.17) is 16.3 Å². The van der Waals surface area contributed by atoms with Gasteiger partial charge >= 0.3 is 6.03 Å². The molecule has 0 saturated carbocycles. The maximum Gasteiger partial charge on any atom is 0.319 e. The quantitative estimate of drug-likeness (QED) is 0.792. The molecule has 116 valence electrons. The molecule has 2 rings (SSSR count). The van der Waals surface area contributed by atoms with Gasteiger partial charge in [0.25, 0.3) is 0 Å². The van der Waals surface area contributed by atoms with Gasteiger partial charge < -0.3 is 20.5 Å². The zero-order valence-electron chi connectivity index (χ0n) is 12.0. The van der Waals surface area contributed by atoms with Crippen LogP contribution >= 0.6 is 11.6 Å². The number of rotatable bonds is 5. The number of amides is 2. The predicted octanol–water partition coefficient (Wildman–Crippen LogP) is 3.20. The first kappa shape index (κ1) is 16.1. The summed E-state index contributed by atoms with van der Waals surface area (Å²) >= 11 is 5.82. The van der Waals surface area contributed by atoms with Crippen LogP contribution in [0.5, 0.6) is 5.75 Å². The van der Waals surface area contributed by atoms with Crippen molar-refractivity contribution in [3.8, 4) is 5.75 Å². The molecule has 0 aliphatic rings. The number of carbonyl (C=O) groups excluding carboxylic acids is 1. The van der Waals surface area contributed by atoms with Gasteiger partial charge in [0.1, 0.15) is 5.75 Å². The summed E-state index contributed by atoms with van der Waals surface area (Å²) in [6, 6.07) is 13.0. The number of halogens is 1. The number of hydrogen-bond acceptors (Lipinski definition) is 3. The van der Waals surface area contributed by atoms with Crippen molar-refractivity contribution in [2.75, 3.05) is 19.0 Å². The second-order valence-corrected chi connectivity index (χ2v) is 5.05. The van der Waals surface area contributed by atoms with Crippen LogP contribution in [0.25, 0.3) is 0 Å². The van der Waals surface area contributed by atoms with Crippen molar-refractivity contribution in [2.24, 2.45) is 0 Å². The van der Waals surface area contributed by atoms with Gasteiger partial charge in [0.2, 0.25) is 0 Å². The first-order chi connectivity index (χ1) is 10.6. The minimum atomic E-state index is -0.504. The van der Waals surface area contributed by atoms with Crippen molar-refractivity contribution in [1.82, 2.24) is 5.32 Å². The minimum absolute atomic E-state index is 0.211. The third-order valence-electron chi connectivity index (χ3n) is 3.11. The predicted molar refractivity (Wildman–Crippen MR) is 86.4 cm³/mol. The topological polar surface area (TPSA) is 70.6 Å². The Kier molecular flexibility index (Phi) is 5.63. The molecule has 6 heteroatoms. The number of ether oxygens (including phenoxy) is 1. The number of anilines is 1. The van der Waals surface area contributed by atoms with Crippen molar-refractivity contribution in [2.45, 2.75) is 6.04 Å². The molecule has 0 aliphatic carbocycles. The van der Waals surface area contributed by atoms with Crippen LogP contribution in [0.4, 0.5) is 10.5 Å². The first-order valence-corrected chi connectivity index (χ1v) is 7.08. The molecule has 0 heterocycles. The van der Waals surface area contributed by atoms with Crippen molar-refractivity contribution in [3.63, 3.8) is 0 Å². The first-order valence-electron chi connectivity index (χ1n) is 6.70. The van der Waals surface area contributed by atoms with Gasteiger partial charge in [-0.05, 0) is 42.0 Å². The average Bonchev–Trinajstić information content (AvgIpc) is 2.54. The van der Waals surface area contributed by atoms with E-state index >= 15 is 0 Å². The number of methoxy groups -OCH3 is 1. The van der Waals surface area contributed by atoms with Crippen molar-refractivity contribution < 1.29 is 14.6 Å². The maximum absolute atomic E-state index is 12.0. The SMILES string of the molecule is COc1ccc(NC(=O)NC(CO)c2ccc(Cl)cc2)cc1. The Morgan fingerprint density at radius 1 is 1.18 bits per heavy atom. The van der Waals surface area contributed by atoms with E-state index in [0.29, 0.717) is 16.5 Å². The second kappa shape index (κ2) is 7.68. The molecule has 0 saturated heterocycles. The van der Waals surface area contributed by atoms with Crippen LogP contribution in [0, 0.1) is 0 Å². The summed E-state index contributed by atoms with van der Waals surface area (Å²) < 4.78 is 5.05. The summed E-state index contributed by atoms with van der Waals surface area (Å²) in [4.78, 5) is 12.0. The Hall–Kier alpha value is -2.24. The second-order valence-electron chi connectivity index (χ2n) is 4.61.